The van der Waals surface area contributed by atoms with E-state index in [2.05, 4.69) is 88.4 Å². The van der Waals surface area contributed by atoms with E-state index in [1.807, 2.05) is 36.7 Å². The average molecular weight is 402 g/mol. The fourth-order valence-electron chi connectivity index (χ4n) is 4.01. The van der Waals surface area contributed by atoms with Gasteiger partial charge in [0, 0.05) is 24.5 Å². The van der Waals surface area contributed by atoms with Gasteiger partial charge in [0.15, 0.2) is 0 Å². The van der Waals surface area contributed by atoms with Crippen LogP contribution in [0.4, 0.5) is 0 Å². The first-order valence-electron chi connectivity index (χ1n) is 10.6. The molecular formula is C28H23N3. The first-order valence-corrected chi connectivity index (χ1v) is 10.6. The van der Waals surface area contributed by atoms with Crippen molar-refractivity contribution in [1.82, 2.24) is 14.5 Å². The lowest BCUT2D eigenvalue weighted by molar-refractivity contribution is 0.711. The van der Waals surface area contributed by atoms with E-state index in [9.17, 15) is 0 Å². The Kier molecular flexibility index (Phi) is 5.40. The smallest absolute Gasteiger partial charge is 0.0872 e. The van der Waals surface area contributed by atoms with Crippen molar-refractivity contribution in [3.63, 3.8) is 0 Å². The largest absolute Gasteiger partial charge is 0.337 e. The van der Waals surface area contributed by atoms with Gasteiger partial charge in [-0.1, -0.05) is 72.8 Å². The Morgan fingerprint density at radius 3 is 1.87 bits per heavy atom. The van der Waals surface area contributed by atoms with Crippen LogP contribution in [0.1, 0.15) is 5.56 Å². The molecule has 5 rings (SSSR count). The minimum atomic E-state index is 0.842. The number of benzene rings is 2. The average Bonchev–Trinajstić information content (AvgIpc) is 3.24. The first kappa shape index (κ1) is 19.0. The number of aryl methyl sites for hydroxylation is 1. The van der Waals surface area contributed by atoms with Crippen molar-refractivity contribution in [2.24, 2.45) is 0 Å². The lowest BCUT2D eigenvalue weighted by Crippen LogP contribution is -2.06. The standard InChI is InChI=1S/C28H23N3/c1-3-11-22(12-4-1)17-20-31-27(25-15-7-9-18-29-25)21-24(23-13-5-2-6-14-23)28(31)26-16-8-10-19-30-26/h1-16,18-19,21H,17,20H2. The Labute approximate surface area is 182 Å². The van der Waals surface area contributed by atoms with E-state index >= 15 is 0 Å². The Balaban J connectivity index is 1.71. The Morgan fingerprint density at radius 1 is 0.613 bits per heavy atom. The van der Waals surface area contributed by atoms with Crippen LogP contribution >= 0.6 is 0 Å². The summed E-state index contributed by atoms with van der Waals surface area (Å²) in [7, 11) is 0. The van der Waals surface area contributed by atoms with Crippen LogP contribution in [0.25, 0.3) is 33.9 Å². The summed E-state index contributed by atoms with van der Waals surface area (Å²) in [6, 6.07) is 35.6. The molecule has 0 atom stereocenters. The third-order valence-electron chi connectivity index (χ3n) is 5.48. The maximum absolute atomic E-state index is 4.72. The lowest BCUT2D eigenvalue weighted by atomic mass is 10.0. The molecule has 3 nitrogen and oxygen atoms in total. The maximum Gasteiger partial charge on any atom is 0.0872 e. The second-order valence-corrected chi connectivity index (χ2v) is 7.48. The monoisotopic (exact) mass is 401 g/mol. The van der Waals surface area contributed by atoms with Crippen molar-refractivity contribution < 1.29 is 0 Å². The molecule has 0 aliphatic carbocycles. The SMILES string of the molecule is c1ccc(CCn2c(-c3ccccn3)cc(-c3ccccc3)c2-c2ccccn2)cc1. The van der Waals surface area contributed by atoms with Gasteiger partial charge in [0.25, 0.3) is 0 Å². The van der Waals surface area contributed by atoms with Gasteiger partial charge in [0.05, 0.1) is 22.8 Å². The van der Waals surface area contributed by atoms with Crippen LogP contribution in [0.15, 0.2) is 116 Å². The quantitative estimate of drug-likeness (QED) is 0.324. The minimum Gasteiger partial charge on any atom is -0.337 e. The van der Waals surface area contributed by atoms with Crippen LogP contribution < -0.4 is 0 Å². The molecule has 0 N–H and O–H groups in total. The van der Waals surface area contributed by atoms with Gasteiger partial charge < -0.3 is 4.57 Å². The molecule has 3 heteroatoms. The maximum atomic E-state index is 4.72. The summed E-state index contributed by atoms with van der Waals surface area (Å²) in [5.74, 6) is 0. The molecule has 0 fully saturated rings. The third-order valence-corrected chi connectivity index (χ3v) is 5.48. The third kappa shape index (κ3) is 4.03. The fraction of sp³-hybridized carbons (Fsp3) is 0.0714. The molecule has 0 unspecified atom stereocenters. The van der Waals surface area contributed by atoms with Crippen molar-refractivity contribution in [2.75, 3.05) is 0 Å². The molecule has 5 aromatic rings. The number of nitrogens with zero attached hydrogens (tertiary/aromatic N) is 3. The molecule has 0 bridgehead atoms. The van der Waals surface area contributed by atoms with E-state index in [1.54, 1.807) is 0 Å². The van der Waals surface area contributed by atoms with Crippen LogP contribution in [-0.4, -0.2) is 14.5 Å². The molecule has 0 spiro atoms. The minimum absolute atomic E-state index is 0.842. The first-order chi connectivity index (χ1) is 15.4. The zero-order chi connectivity index (χ0) is 20.9. The second-order valence-electron chi connectivity index (χ2n) is 7.48. The number of pyridine rings is 2. The molecule has 31 heavy (non-hydrogen) atoms. The van der Waals surface area contributed by atoms with Gasteiger partial charge in [-0.3, -0.25) is 9.97 Å². The van der Waals surface area contributed by atoms with Gasteiger partial charge in [-0.25, -0.2) is 0 Å². The van der Waals surface area contributed by atoms with E-state index in [1.165, 1.54) is 16.7 Å². The van der Waals surface area contributed by atoms with E-state index in [0.29, 0.717) is 0 Å². The van der Waals surface area contributed by atoms with Gasteiger partial charge >= 0.3 is 0 Å². The van der Waals surface area contributed by atoms with E-state index in [0.717, 1.165) is 35.7 Å². The van der Waals surface area contributed by atoms with E-state index in [-0.39, 0.29) is 0 Å². The van der Waals surface area contributed by atoms with Crippen LogP contribution in [-0.2, 0) is 13.0 Å². The predicted octanol–water partition coefficient (Wildman–Crippen LogP) is 6.52. The van der Waals surface area contributed by atoms with E-state index in [4.69, 9.17) is 4.98 Å². The number of aromatic nitrogens is 3. The summed E-state index contributed by atoms with van der Waals surface area (Å²) in [5.41, 5.74) is 7.84. The van der Waals surface area contributed by atoms with Crippen LogP contribution in [0.3, 0.4) is 0 Å². The molecule has 0 aliphatic heterocycles. The number of hydrogen-bond donors (Lipinski definition) is 0. The van der Waals surface area contributed by atoms with Crippen LogP contribution in [0, 0.1) is 0 Å². The summed E-state index contributed by atoms with van der Waals surface area (Å²) in [6.07, 6.45) is 4.65. The normalized spacial score (nSPS) is 10.8. The van der Waals surface area contributed by atoms with Gasteiger partial charge in [-0.05, 0) is 47.9 Å². The van der Waals surface area contributed by atoms with Crippen LogP contribution in [0.5, 0.6) is 0 Å². The highest BCUT2D eigenvalue weighted by Crippen LogP contribution is 2.38. The highest BCUT2D eigenvalue weighted by Gasteiger charge is 2.20. The zero-order valence-electron chi connectivity index (χ0n) is 17.2. The number of hydrogen-bond acceptors (Lipinski definition) is 2. The molecule has 0 saturated carbocycles. The molecule has 3 aromatic heterocycles. The highest BCUT2D eigenvalue weighted by molar-refractivity contribution is 5.85. The summed E-state index contributed by atoms with van der Waals surface area (Å²) in [5, 5.41) is 0. The van der Waals surface area contributed by atoms with Gasteiger partial charge in [0.1, 0.15) is 0 Å². The summed E-state index contributed by atoms with van der Waals surface area (Å²) in [6.45, 7) is 0.842. The van der Waals surface area contributed by atoms with Gasteiger partial charge in [-0.2, -0.15) is 0 Å². The Morgan fingerprint density at radius 2 is 1.23 bits per heavy atom. The van der Waals surface area contributed by atoms with Crippen molar-refractivity contribution in [3.8, 4) is 33.9 Å². The van der Waals surface area contributed by atoms with Crippen molar-refractivity contribution >= 4 is 0 Å². The molecule has 2 aromatic carbocycles. The zero-order valence-corrected chi connectivity index (χ0v) is 17.2. The van der Waals surface area contributed by atoms with Crippen molar-refractivity contribution in [3.05, 3.63) is 121 Å². The Hall–Kier alpha value is -3.98. The Bertz CT molecular complexity index is 1250. The van der Waals surface area contributed by atoms with E-state index < -0.39 is 0 Å². The van der Waals surface area contributed by atoms with Gasteiger partial charge in [0.2, 0.25) is 0 Å². The highest BCUT2D eigenvalue weighted by atomic mass is 15.0. The number of rotatable bonds is 6. The molecular weight excluding hydrogens is 378 g/mol. The fourth-order valence-corrected chi connectivity index (χ4v) is 4.01. The van der Waals surface area contributed by atoms with Crippen molar-refractivity contribution in [2.45, 2.75) is 13.0 Å². The summed E-state index contributed by atoms with van der Waals surface area (Å²) < 4.78 is 2.38. The molecule has 150 valence electrons. The van der Waals surface area contributed by atoms with Gasteiger partial charge in [-0.15, -0.1) is 0 Å². The topological polar surface area (TPSA) is 30.7 Å². The van der Waals surface area contributed by atoms with Crippen molar-refractivity contribution in [1.29, 1.82) is 0 Å². The lowest BCUT2D eigenvalue weighted by Gasteiger charge is -2.14. The molecule has 3 heterocycles. The molecule has 0 aliphatic rings. The summed E-state index contributed by atoms with van der Waals surface area (Å²) in [4.78, 5) is 9.38. The van der Waals surface area contributed by atoms with Crippen LogP contribution in [0.2, 0.25) is 0 Å². The molecule has 0 amide bonds. The second kappa shape index (κ2) is 8.80. The molecule has 0 radical (unpaired) electrons. The predicted molar refractivity (Wildman–Crippen MR) is 126 cm³/mol. The summed E-state index contributed by atoms with van der Waals surface area (Å²) >= 11 is 0. The molecule has 0 saturated heterocycles.